The zero-order valence-electron chi connectivity index (χ0n) is 9.50. The predicted molar refractivity (Wildman–Crippen MR) is 64.9 cm³/mol. The maximum absolute atomic E-state index is 11.5. The molecule has 0 heterocycles. The molecule has 1 aromatic carbocycles. The third-order valence-corrected chi connectivity index (χ3v) is 2.52. The van der Waals surface area contributed by atoms with E-state index in [0.717, 1.165) is 11.3 Å². The molecule has 0 aliphatic heterocycles. The number of amides is 1. The first-order valence-electron chi connectivity index (χ1n) is 5.33. The van der Waals surface area contributed by atoms with Crippen LogP contribution in [0.2, 0.25) is 0 Å². The number of likely N-dealkylation sites (N-methyl/N-ethyl adjacent to an activating group) is 1. The smallest absolute Gasteiger partial charge is 0.242 e. The van der Waals surface area contributed by atoms with Gasteiger partial charge in [-0.2, -0.15) is 0 Å². The van der Waals surface area contributed by atoms with E-state index in [-0.39, 0.29) is 5.91 Å². The molecular formula is C12H16ClNO2. The fraction of sp³-hybridized carbons (Fsp3) is 0.417. The van der Waals surface area contributed by atoms with Gasteiger partial charge in [0.1, 0.15) is 11.1 Å². The first-order chi connectivity index (χ1) is 7.69. The molecule has 1 rings (SSSR count). The molecule has 0 spiro atoms. The normalized spacial score (nSPS) is 11.9. The van der Waals surface area contributed by atoms with Crippen molar-refractivity contribution in [3.8, 4) is 5.75 Å². The van der Waals surface area contributed by atoms with Crippen molar-refractivity contribution in [2.75, 3.05) is 13.2 Å². The first-order valence-corrected chi connectivity index (χ1v) is 5.77. The molecular weight excluding hydrogens is 226 g/mol. The maximum Gasteiger partial charge on any atom is 0.242 e. The van der Waals surface area contributed by atoms with Crippen LogP contribution in [0.25, 0.3) is 0 Å². The van der Waals surface area contributed by atoms with Crippen LogP contribution in [0.3, 0.4) is 0 Å². The second-order valence-electron chi connectivity index (χ2n) is 3.26. The van der Waals surface area contributed by atoms with Gasteiger partial charge in [-0.3, -0.25) is 4.79 Å². The minimum absolute atomic E-state index is 0.173. The molecule has 1 N–H and O–H groups in total. The van der Waals surface area contributed by atoms with Crippen molar-refractivity contribution < 1.29 is 9.53 Å². The molecule has 0 aliphatic rings. The maximum atomic E-state index is 11.5. The summed E-state index contributed by atoms with van der Waals surface area (Å²) >= 11 is 6.01. The summed E-state index contributed by atoms with van der Waals surface area (Å²) in [7, 11) is 0. The lowest BCUT2D eigenvalue weighted by molar-refractivity contribution is -0.120. The Morgan fingerprint density at radius 3 is 2.50 bits per heavy atom. The van der Waals surface area contributed by atoms with E-state index >= 15 is 0 Å². The van der Waals surface area contributed by atoms with E-state index in [9.17, 15) is 4.79 Å². The molecule has 0 saturated heterocycles. The standard InChI is InChI=1S/C12H16ClNO2/c1-3-14-12(15)11(13)9-5-7-10(8-6-9)16-4-2/h5-8,11H,3-4H2,1-2H3,(H,14,15). The molecule has 0 aromatic heterocycles. The number of ether oxygens (including phenoxy) is 1. The van der Waals surface area contributed by atoms with Crippen molar-refractivity contribution >= 4 is 17.5 Å². The summed E-state index contributed by atoms with van der Waals surface area (Å²) in [5.74, 6) is 0.611. The summed E-state index contributed by atoms with van der Waals surface area (Å²) < 4.78 is 5.30. The topological polar surface area (TPSA) is 38.3 Å². The highest BCUT2D eigenvalue weighted by Crippen LogP contribution is 2.23. The largest absolute Gasteiger partial charge is 0.494 e. The van der Waals surface area contributed by atoms with Crippen LogP contribution in [0, 0.1) is 0 Å². The SMILES string of the molecule is CCNC(=O)C(Cl)c1ccc(OCC)cc1. The summed E-state index contributed by atoms with van der Waals surface area (Å²) in [5.41, 5.74) is 0.774. The highest BCUT2D eigenvalue weighted by Gasteiger charge is 2.16. The van der Waals surface area contributed by atoms with Gasteiger partial charge in [0, 0.05) is 6.54 Å². The number of halogens is 1. The van der Waals surface area contributed by atoms with Crippen molar-refractivity contribution in [1.29, 1.82) is 0 Å². The Bertz CT molecular complexity index is 337. The van der Waals surface area contributed by atoms with Gasteiger partial charge in [0.05, 0.1) is 6.61 Å². The van der Waals surface area contributed by atoms with Crippen LogP contribution in [-0.2, 0) is 4.79 Å². The molecule has 0 fully saturated rings. The summed E-state index contributed by atoms with van der Waals surface area (Å²) in [6.07, 6.45) is 0. The van der Waals surface area contributed by atoms with Crippen molar-refractivity contribution in [2.24, 2.45) is 0 Å². The van der Waals surface area contributed by atoms with E-state index in [4.69, 9.17) is 16.3 Å². The molecule has 4 heteroatoms. The van der Waals surface area contributed by atoms with Gasteiger partial charge in [0.2, 0.25) is 5.91 Å². The lowest BCUT2D eigenvalue weighted by atomic mass is 10.1. The van der Waals surface area contributed by atoms with Crippen molar-refractivity contribution in [3.05, 3.63) is 29.8 Å². The van der Waals surface area contributed by atoms with Crippen LogP contribution < -0.4 is 10.1 Å². The first kappa shape index (κ1) is 12.8. The predicted octanol–water partition coefficient (Wildman–Crippen LogP) is 2.50. The molecule has 1 atom stereocenters. The average Bonchev–Trinajstić information content (AvgIpc) is 2.30. The number of nitrogens with one attached hydrogen (secondary N) is 1. The monoisotopic (exact) mass is 241 g/mol. The van der Waals surface area contributed by atoms with Crippen molar-refractivity contribution in [3.63, 3.8) is 0 Å². The van der Waals surface area contributed by atoms with Crippen LogP contribution in [-0.4, -0.2) is 19.1 Å². The molecule has 0 aliphatic carbocycles. The van der Waals surface area contributed by atoms with E-state index in [1.165, 1.54) is 0 Å². The van der Waals surface area contributed by atoms with Crippen molar-refractivity contribution in [1.82, 2.24) is 5.32 Å². The van der Waals surface area contributed by atoms with Gasteiger partial charge < -0.3 is 10.1 Å². The van der Waals surface area contributed by atoms with E-state index in [2.05, 4.69) is 5.32 Å². The quantitative estimate of drug-likeness (QED) is 0.805. The number of hydrogen-bond donors (Lipinski definition) is 1. The molecule has 0 radical (unpaired) electrons. The highest BCUT2D eigenvalue weighted by atomic mass is 35.5. The summed E-state index contributed by atoms with van der Waals surface area (Å²) in [4.78, 5) is 11.5. The summed E-state index contributed by atoms with van der Waals surface area (Å²) in [5, 5.41) is 2.04. The van der Waals surface area contributed by atoms with E-state index in [0.29, 0.717) is 13.2 Å². The molecule has 0 saturated carbocycles. The molecule has 0 bridgehead atoms. The number of alkyl halides is 1. The van der Waals surface area contributed by atoms with Crippen LogP contribution in [0.1, 0.15) is 24.8 Å². The fourth-order valence-electron chi connectivity index (χ4n) is 1.31. The van der Waals surface area contributed by atoms with Gasteiger partial charge in [-0.15, -0.1) is 11.6 Å². The Balaban J connectivity index is 2.69. The van der Waals surface area contributed by atoms with Gasteiger partial charge in [-0.1, -0.05) is 12.1 Å². The summed E-state index contributed by atoms with van der Waals surface area (Å²) in [6, 6.07) is 7.23. The van der Waals surface area contributed by atoms with E-state index in [1.807, 2.05) is 26.0 Å². The molecule has 3 nitrogen and oxygen atoms in total. The molecule has 1 aromatic rings. The highest BCUT2D eigenvalue weighted by molar-refractivity contribution is 6.30. The van der Waals surface area contributed by atoms with E-state index < -0.39 is 5.38 Å². The Kier molecular flexibility index (Phi) is 5.12. The Hall–Kier alpha value is -1.22. The lowest BCUT2D eigenvalue weighted by Gasteiger charge is -2.10. The van der Waals surface area contributed by atoms with E-state index in [1.54, 1.807) is 12.1 Å². The zero-order valence-corrected chi connectivity index (χ0v) is 10.3. The Morgan fingerprint density at radius 1 is 1.38 bits per heavy atom. The number of hydrogen-bond acceptors (Lipinski definition) is 2. The average molecular weight is 242 g/mol. The van der Waals surface area contributed by atoms with Crippen LogP contribution in [0.15, 0.2) is 24.3 Å². The minimum atomic E-state index is -0.643. The molecule has 16 heavy (non-hydrogen) atoms. The second kappa shape index (κ2) is 6.38. The molecule has 88 valence electrons. The number of benzene rings is 1. The summed E-state index contributed by atoms with van der Waals surface area (Å²) in [6.45, 7) is 4.99. The van der Waals surface area contributed by atoms with Gasteiger partial charge in [0.15, 0.2) is 0 Å². The second-order valence-corrected chi connectivity index (χ2v) is 3.70. The van der Waals surface area contributed by atoms with Gasteiger partial charge in [-0.05, 0) is 31.5 Å². The zero-order chi connectivity index (χ0) is 12.0. The third-order valence-electron chi connectivity index (χ3n) is 2.06. The van der Waals surface area contributed by atoms with Gasteiger partial charge in [-0.25, -0.2) is 0 Å². The number of rotatable bonds is 5. The lowest BCUT2D eigenvalue weighted by Crippen LogP contribution is -2.26. The molecule has 1 amide bonds. The van der Waals surface area contributed by atoms with Crippen LogP contribution >= 0.6 is 11.6 Å². The Morgan fingerprint density at radius 2 is 2.00 bits per heavy atom. The fourth-order valence-corrected chi connectivity index (χ4v) is 1.54. The third kappa shape index (κ3) is 3.42. The van der Waals surface area contributed by atoms with Crippen molar-refractivity contribution in [2.45, 2.75) is 19.2 Å². The minimum Gasteiger partial charge on any atom is -0.494 e. The van der Waals surface area contributed by atoms with Gasteiger partial charge >= 0.3 is 0 Å². The van der Waals surface area contributed by atoms with Gasteiger partial charge in [0.25, 0.3) is 0 Å². The molecule has 1 unspecified atom stereocenters. The van der Waals surface area contributed by atoms with Crippen LogP contribution in [0.4, 0.5) is 0 Å². The van der Waals surface area contributed by atoms with Crippen LogP contribution in [0.5, 0.6) is 5.75 Å². The Labute approximate surface area is 101 Å². The number of carbonyl (C=O) groups is 1. The number of carbonyl (C=O) groups excluding carboxylic acids is 1.